The maximum absolute atomic E-state index is 12.6. The number of halogens is 2. The Bertz CT molecular complexity index is 670. The van der Waals surface area contributed by atoms with Crippen LogP contribution in [0.2, 0.25) is 0 Å². The average Bonchev–Trinajstić information content (AvgIpc) is 3.19. The second-order valence-electron chi connectivity index (χ2n) is 5.99. The Hall–Kier alpha value is -1.14. The van der Waals surface area contributed by atoms with Gasteiger partial charge < -0.3 is 11.1 Å². The molecule has 132 valence electrons. The molecule has 0 aromatic carbocycles. The molecule has 2 heterocycles. The molecule has 1 fully saturated rings. The van der Waals surface area contributed by atoms with E-state index in [1.165, 1.54) is 0 Å². The number of nitrogens with zero attached hydrogens (tertiary/aromatic N) is 1. The number of thiophene rings is 1. The number of nitrogens with one attached hydrogen (secondary N) is 1. The molecule has 4 nitrogen and oxygen atoms in total. The number of aromatic nitrogens is 1. The van der Waals surface area contributed by atoms with Gasteiger partial charge in [-0.1, -0.05) is 12.8 Å². The summed E-state index contributed by atoms with van der Waals surface area (Å²) in [5, 5.41) is 7.24. The zero-order valence-electron chi connectivity index (χ0n) is 13.6. The van der Waals surface area contributed by atoms with Gasteiger partial charge in [-0.3, -0.25) is 9.78 Å². The quantitative estimate of drug-likeness (QED) is 0.833. The van der Waals surface area contributed by atoms with Gasteiger partial charge in [-0.05, 0) is 43.3 Å². The maximum Gasteiger partial charge on any atom is 0.253 e. The van der Waals surface area contributed by atoms with Crippen LogP contribution in [-0.4, -0.2) is 23.0 Å². The van der Waals surface area contributed by atoms with Crippen LogP contribution < -0.4 is 11.1 Å². The minimum absolute atomic E-state index is 0. The first-order valence-corrected chi connectivity index (χ1v) is 8.61. The van der Waals surface area contributed by atoms with Crippen LogP contribution in [0.5, 0.6) is 0 Å². The number of rotatable bonds is 4. The van der Waals surface area contributed by atoms with Crippen LogP contribution >= 0.6 is 36.2 Å². The number of carbonyl (C=O) groups is 1. The fraction of sp³-hybridized carbons (Fsp3) is 0.412. The fourth-order valence-corrected chi connectivity index (χ4v) is 3.76. The van der Waals surface area contributed by atoms with Crippen LogP contribution in [0, 0.1) is 6.92 Å². The van der Waals surface area contributed by atoms with E-state index in [-0.39, 0.29) is 36.3 Å². The van der Waals surface area contributed by atoms with Crippen molar-refractivity contribution >= 4 is 42.1 Å². The van der Waals surface area contributed by atoms with Crippen molar-refractivity contribution in [3.05, 3.63) is 40.2 Å². The highest BCUT2D eigenvalue weighted by molar-refractivity contribution is 7.08. The van der Waals surface area contributed by atoms with Crippen molar-refractivity contribution in [2.24, 2.45) is 5.73 Å². The molecule has 1 aliphatic rings. The predicted molar refractivity (Wildman–Crippen MR) is 105 cm³/mol. The number of hydrogen-bond acceptors (Lipinski definition) is 4. The lowest BCUT2D eigenvalue weighted by molar-refractivity contribution is 0.0902. The highest BCUT2D eigenvalue weighted by Gasteiger charge is 2.34. The van der Waals surface area contributed by atoms with Crippen molar-refractivity contribution < 1.29 is 4.79 Å². The molecule has 0 radical (unpaired) electrons. The summed E-state index contributed by atoms with van der Waals surface area (Å²) >= 11 is 1.64. The van der Waals surface area contributed by atoms with E-state index in [9.17, 15) is 4.79 Å². The Balaban J connectivity index is 0.00000144. The Morgan fingerprint density at radius 1 is 1.29 bits per heavy atom. The number of carbonyl (C=O) groups excluding carboxylic acids is 1. The largest absolute Gasteiger partial charge is 0.345 e. The number of amides is 1. The molecule has 0 atom stereocenters. The van der Waals surface area contributed by atoms with E-state index in [0.717, 1.165) is 42.6 Å². The Morgan fingerprint density at radius 2 is 2.00 bits per heavy atom. The Kier molecular flexibility index (Phi) is 7.67. The minimum Gasteiger partial charge on any atom is -0.345 e. The monoisotopic (exact) mass is 387 g/mol. The second-order valence-corrected chi connectivity index (χ2v) is 6.77. The van der Waals surface area contributed by atoms with Crippen LogP contribution in [0.15, 0.2) is 29.0 Å². The number of aryl methyl sites for hydroxylation is 1. The van der Waals surface area contributed by atoms with E-state index < -0.39 is 0 Å². The zero-order valence-corrected chi connectivity index (χ0v) is 16.0. The van der Waals surface area contributed by atoms with E-state index in [4.69, 9.17) is 5.73 Å². The summed E-state index contributed by atoms with van der Waals surface area (Å²) in [6.07, 6.45) is 4.20. The first-order valence-electron chi connectivity index (χ1n) is 7.66. The van der Waals surface area contributed by atoms with Crippen LogP contribution in [0.4, 0.5) is 0 Å². The molecule has 2 aromatic heterocycles. The summed E-state index contributed by atoms with van der Waals surface area (Å²) in [5.74, 6) is -0.0609. The molecule has 0 spiro atoms. The summed E-state index contributed by atoms with van der Waals surface area (Å²) in [4.78, 5) is 17.2. The summed E-state index contributed by atoms with van der Waals surface area (Å²) in [6, 6.07) is 5.81. The van der Waals surface area contributed by atoms with Gasteiger partial charge in [-0.25, -0.2) is 0 Å². The third kappa shape index (κ3) is 4.28. The highest BCUT2D eigenvalue weighted by Crippen LogP contribution is 2.29. The molecular weight excluding hydrogens is 365 g/mol. The van der Waals surface area contributed by atoms with Crippen LogP contribution in [0.25, 0.3) is 11.3 Å². The molecule has 3 N–H and O–H groups in total. The van der Waals surface area contributed by atoms with Gasteiger partial charge >= 0.3 is 0 Å². The maximum atomic E-state index is 12.6. The third-order valence-corrected chi connectivity index (χ3v) is 5.16. The number of pyridine rings is 1. The van der Waals surface area contributed by atoms with Gasteiger partial charge in [0.15, 0.2) is 0 Å². The van der Waals surface area contributed by atoms with Crippen molar-refractivity contribution in [2.45, 2.75) is 38.1 Å². The number of nitrogens with two attached hydrogens (primary N) is 1. The molecule has 0 saturated heterocycles. The van der Waals surface area contributed by atoms with E-state index in [1.54, 1.807) is 11.3 Å². The lowest BCUT2D eigenvalue weighted by atomic mass is 9.97. The van der Waals surface area contributed by atoms with E-state index in [2.05, 4.69) is 15.7 Å². The SMILES string of the molecule is Cc1nc(-c2ccsc2)ccc1C(=O)NC1(CN)CCCC1.Cl.Cl. The van der Waals surface area contributed by atoms with Crippen molar-refractivity contribution in [1.29, 1.82) is 0 Å². The van der Waals surface area contributed by atoms with Gasteiger partial charge in [-0.2, -0.15) is 11.3 Å². The summed E-state index contributed by atoms with van der Waals surface area (Å²) in [7, 11) is 0. The fourth-order valence-electron chi connectivity index (χ4n) is 3.11. The molecule has 24 heavy (non-hydrogen) atoms. The van der Waals surface area contributed by atoms with Crippen molar-refractivity contribution in [1.82, 2.24) is 10.3 Å². The topological polar surface area (TPSA) is 68.0 Å². The van der Waals surface area contributed by atoms with Gasteiger partial charge in [0.05, 0.1) is 22.5 Å². The molecule has 7 heteroatoms. The summed E-state index contributed by atoms with van der Waals surface area (Å²) in [5.41, 5.74) is 9.06. The lowest BCUT2D eigenvalue weighted by Crippen LogP contribution is -2.51. The lowest BCUT2D eigenvalue weighted by Gasteiger charge is -2.29. The molecule has 3 rings (SSSR count). The average molecular weight is 388 g/mol. The standard InChI is InChI=1S/C17H21N3OS.2ClH/c1-12-14(4-5-15(19-12)13-6-9-22-10-13)16(21)20-17(11-18)7-2-3-8-17;;/h4-6,9-10H,2-3,7-8,11,18H2,1H3,(H,20,21);2*1H. The highest BCUT2D eigenvalue weighted by atomic mass is 35.5. The van der Waals surface area contributed by atoms with Crippen molar-refractivity contribution in [2.75, 3.05) is 6.54 Å². The summed E-state index contributed by atoms with van der Waals surface area (Å²) < 4.78 is 0. The Labute approximate surface area is 159 Å². The van der Waals surface area contributed by atoms with Gasteiger partial charge in [-0.15, -0.1) is 24.8 Å². The van der Waals surface area contributed by atoms with Crippen LogP contribution in [0.3, 0.4) is 0 Å². The molecule has 2 aromatic rings. The second kappa shape index (κ2) is 8.81. The first kappa shape index (κ1) is 20.9. The van der Waals surface area contributed by atoms with Gasteiger partial charge in [0.2, 0.25) is 0 Å². The third-order valence-electron chi connectivity index (χ3n) is 4.48. The van der Waals surface area contributed by atoms with E-state index in [1.807, 2.05) is 30.5 Å². The molecule has 1 aliphatic carbocycles. The van der Waals surface area contributed by atoms with Crippen molar-refractivity contribution in [3.8, 4) is 11.3 Å². The van der Waals surface area contributed by atoms with Crippen molar-refractivity contribution in [3.63, 3.8) is 0 Å². The smallest absolute Gasteiger partial charge is 0.253 e. The molecule has 0 unspecified atom stereocenters. The van der Waals surface area contributed by atoms with Crippen LogP contribution in [-0.2, 0) is 0 Å². The minimum atomic E-state index is -0.227. The van der Waals surface area contributed by atoms with E-state index in [0.29, 0.717) is 12.1 Å². The molecule has 0 aliphatic heterocycles. The summed E-state index contributed by atoms with van der Waals surface area (Å²) in [6.45, 7) is 2.38. The molecule has 1 amide bonds. The Morgan fingerprint density at radius 3 is 2.54 bits per heavy atom. The van der Waals surface area contributed by atoms with Crippen LogP contribution in [0.1, 0.15) is 41.7 Å². The van der Waals surface area contributed by atoms with Gasteiger partial charge in [0.1, 0.15) is 0 Å². The normalized spacial score (nSPS) is 15.2. The molecular formula is C17H23Cl2N3OS. The predicted octanol–water partition coefficient (Wildman–Crippen LogP) is 3.96. The first-order chi connectivity index (χ1) is 10.6. The van der Waals surface area contributed by atoms with Gasteiger partial charge in [0.25, 0.3) is 5.91 Å². The molecule has 0 bridgehead atoms. The molecule has 1 saturated carbocycles. The zero-order chi connectivity index (χ0) is 15.6. The number of hydrogen-bond donors (Lipinski definition) is 2. The van der Waals surface area contributed by atoms with E-state index >= 15 is 0 Å². The van der Waals surface area contributed by atoms with Gasteiger partial charge in [0, 0.05) is 17.5 Å².